The number of morpholine rings is 1. The number of alkyl halides is 3. The molecule has 5 rings (SSSR count). The number of methoxy groups -OCH3 is 1. The van der Waals surface area contributed by atoms with E-state index in [0.717, 1.165) is 6.07 Å². The third-order valence-electron chi connectivity index (χ3n) is 6.76. The molecule has 0 radical (unpaired) electrons. The number of ether oxygens (including phenoxy) is 2. The van der Waals surface area contributed by atoms with Gasteiger partial charge in [0, 0.05) is 56.6 Å². The second-order valence-electron chi connectivity index (χ2n) is 9.22. The predicted molar refractivity (Wildman–Crippen MR) is 135 cm³/mol. The Morgan fingerprint density at radius 1 is 1.00 bits per heavy atom. The number of aromatic nitrogens is 3. The summed E-state index contributed by atoms with van der Waals surface area (Å²) < 4.78 is 65.9. The van der Waals surface area contributed by atoms with Crippen molar-refractivity contribution in [3.05, 3.63) is 54.0 Å². The van der Waals surface area contributed by atoms with E-state index in [9.17, 15) is 17.6 Å². The Bertz CT molecular complexity index is 1280. The third kappa shape index (κ3) is 5.31. The first-order valence-electron chi connectivity index (χ1n) is 12.3. The standard InChI is InChI=1S/C26H28F4N6O2/c1-17-16-35(24-19(26(28,29)30)4-3-7-31-24)8-9-36(17)23-15-21(18-5-6-22(37-2)20(27)14-18)32-25(33-23)34-10-12-38-13-11-34/h3-7,14-15,17H,8-13,16H2,1-2H3/t17-/m1/s1. The van der Waals surface area contributed by atoms with Crippen molar-refractivity contribution in [3.63, 3.8) is 0 Å². The average Bonchev–Trinajstić information content (AvgIpc) is 2.92. The number of hydrogen-bond acceptors (Lipinski definition) is 8. The molecule has 2 fully saturated rings. The second-order valence-corrected chi connectivity index (χ2v) is 9.22. The first-order chi connectivity index (χ1) is 18.2. The SMILES string of the molecule is COc1ccc(-c2cc(N3CCN(c4ncccc4C(F)(F)F)C[C@H]3C)nc(N3CCOCC3)n2)cc1F. The highest BCUT2D eigenvalue weighted by atomic mass is 19.4. The van der Waals surface area contributed by atoms with Crippen molar-refractivity contribution in [1.82, 2.24) is 15.0 Å². The van der Waals surface area contributed by atoms with Crippen molar-refractivity contribution in [1.29, 1.82) is 0 Å². The topological polar surface area (TPSA) is 66.9 Å². The summed E-state index contributed by atoms with van der Waals surface area (Å²) in [7, 11) is 1.40. The van der Waals surface area contributed by atoms with E-state index in [1.807, 2.05) is 16.7 Å². The highest BCUT2D eigenvalue weighted by molar-refractivity contribution is 5.66. The van der Waals surface area contributed by atoms with Crippen LogP contribution in [0.25, 0.3) is 11.3 Å². The zero-order chi connectivity index (χ0) is 26.9. The number of pyridine rings is 1. The molecular formula is C26H28F4N6O2. The van der Waals surface area contributed by atoms with Gasteiger partial charge in [0.15, 0.2) is 11.6 Å². The highest BCUT2D eigenvalue weighted by Gasteiger charge is 2.37. The van der Waals surface area contributed by atoms with Gasteiger partial charge in [-0.15, -0.1) is 0 Å². The van der Waals surface area contributed by atoms with E-state index in [0.29, 0.717) is 69.0 Å². The summed E-state index contributed by atoms with van der Waals surface area (Å²) in [5, 5.41) is 0. The number of halogens is 4. The van der Waals surface area contributed by atoms with Crippen LogP contribution in [-0.4, -0.2) is 74.0 Å². The first-order valence-corrected chi connectivity index (χ1v) is 12.3. The zero-order valence-corrected chi connectivity index (χ0v) is 21.1. The van der Waals surface area contributed by atoms with E-state index in [1.165, 1.54) is 25.4 Å². The van der Waals surface area contributed by atoms with Crippen LogP contribution in [0.4, 0.5) is 35.1 Å². The Morgan fingerprint density at radius 2 is 1.79 bits per heavy atom. The summed E-state index contributed by atoms with van der Waals surface area (Å²) in [5.41, 5.74) is 0.355. The minimum atomic E-state index is -4.49. The molecule has 0 amide bonds. The van der Waals surface area contributed by atoms with Crippen LogP contribution in [0.2, 0.25) is 0 Å². The first kappa shape index (κ1) is 26.0. The summed E-state index contributed by atoms with van der Waals surface area (Å²) in [6.07, 6.45) is -3.12. The number of benzene rings is 1. The fraction of sp³-hybridized carbons (Fsp3) is 0.423. The van der Waals surface area contributed by atoms with Crippen molar-refractivity contribution in [3.8, 4) is 17.0 Å². The Morgan fingerprint density at radius 3 is 2.47 bits per heavy atom. The van der Waals surface area contributed by atoms with E-state index in [-0.39, 0.29) is 17.6 Å². The van der Waals surface area contributed by atoms with Gasteiger partial charge in [0.25, 0.3) is 0 Å². The van der Waals surface area contributed by atoms with Crippen molar-refractivity contribution < 1.29 is 27.0 Å². The van der Waals surface area contributed by atoms with Crippen LogP contribution in [0.3, 0.4) is 0 Å². The summed E-state index contributed by atoms with van der Waals surface area (Å²) in [6, 6.07) is 8.61. The minimum Gasteiger partial charge on any atom is -0.494 e. The van der Waals surface area contributed by atoms with Crippen LogP contribution in [-0.2, 0) is 10.9 Å². The number of nitrogens with zero attached hydrogens (tertiary/aromatic N) is 6. The molecule has 2 aromatic heterocycles. The van der Waals surface area contributed by atoms with E-state index < -0.39 is 17.6 Å². The predicted octanol–water partition coefficient (Wildman–Crippen LogP) is 4.26. The molecule has 202 valence electrons. The van der Waals surface area contributed by atoms with Gasteiger partial charge in [0.1, 0.15) is 11.6 Å². The smallest absolute Gasteiger partial charge is 0.419 e. The van der Waals surface area contributed by atoms with Crippen molar-refractivity contribution in [2.75, 3.05) is 67.7 Å². The lowest BCUT2D eigenvalue weighted by atomic mass is 10.1. The number of hydrogen-bond donors (Lipinski definition) is 0. The lowest BCUT2D eigenvalue weighted by Crippen LogP contribution is -2.53. The van der Waals surface area contributed by atoms with Crippen LogP contribution in [0.5, 0.6) is 5.75 Å². The molecule has 0 bridgehead atoms. The molecule has 2 aliphatic rings. The van der Waals surface area contributed by atoms with Gasteiger partial charge < -0.3 is 24.2 Å². The van der Waals surface area contributed by atoms with E-state index >= 15 is 0 Å². The zero-order valence-electron chi connectivity index (χ0n) is 21.1. The minimum absolute atomic E-state index is 0.0717. The molecule has 0 unspecified atom stereocenters. The molecule has 0 N–H and O–H groups in total. The van der Waals surface area contributed by atoms with Gasteiger partial charge >= 0.3 is 6.18 Å². The van der Waals surface area contributed by atoms with Crippen molar-refractivity contribution in [2.45, 2.75) is 19.1 Å². The van der Waals surface area contributed by atoms with Gasteiger partial charge in [-0.05, 0) is 37.3 Å². The van der Waals surface area contributed by atoms with Gasteiger partial charge in [-0.25, -0.2) is 14.4 Å². The Hall–Kier alpha value is -3.67. The van der Waals surface area contributed by atoms with Gasteiger partial charge in [-0.1, -0.05) is 0 Å². The normalized spacial score (nSPS) is 18.6. The summed E-state index contributed by atoms with van der Waals surface area (Å²) in [5.74, 6) is 0.676. The number of anilines is 3. The largest absolute Gasteiger partial charge is 0.494 e. The lowest BCUT2D eigenvalue weighted by molar-refractivity contribution is -0.137. The maximum Gasteiger partial charge on any atom is 0.419 e. The summed E-state index contributed by atoms with van der Waals surface area (Å²) in [6.45, 7) is 5.32. The fourth-order valence-corrected chi connectivity index (χ4v) is 4.81. The van der Waals surface area contributed by atoms with Crippen LogP contribution < -0.4 is 19.4 Å². The maximum absolute atomic E-state index is 14.5. The molecule has 4 heterocycles. The molecule has 12 heteroatoms. The molecule has 0 saturated carbocycles. The molecule has 0 spiro atoms. The average molecular weight is 533 g/mol. The monoisotopic (exact) mass is 532 g/mol. The van der Waals surface area contributed by atoms with Gasteiger partial charge in [-0.3, -0.25) is 0 Å². The highest BCUT2D eigenvalue weighted by Crippen LogP contribution is 2.36. The van der Waals surface area contributed by atoms with Crippen molar-refractivity contribution in [2.24, 2.45) is 0 Å². The molecule has 38 heavy (non-hydrogen) atoms. The number of rotatable bonds is 5. The second kappa shape index (κ2) is 10.6. The summed E-state index contributed by atoms with van der Waals surface area (Å²) >= 11 is 0. The van der Waals surface area contributed by atoms with Crippen LogP contribution >= 0.6 is 0 Å². The molecule has 1 atom stereocenters. The van der Waals surface area contributed by atoms with Crippen LogP contribution in [0, 0.1) is 5.82 Å². The Balaban J connectivity index is 1.47. The molecule has 0 aliphatic carbocycles. The molecule has 1 aromatic carbocycles. The fourth-order valence-electron chi connectivity index (χ4n) is 4.81. The molecule has 2 aliphatic heterocycles. The Labute approximate surface area is 217 Å². The quantitative estimate of drug-likeness (QED) is 0.452. The molecule has 3 aromatic rings. The third-order valence-corrected chi connectivity index (χ3v) is 6.76. The van der Waals surface area contributed by atoms with E-state index in [4.69, 9.17) is 19.4 Å². The van der Waals surface area contributed by atoms with Crippen molar-refractivity contribution >= 4 is 17.6 Å². The van der Waals surface area contributed by atoms with Crippen LogP contribution in [0.15, 0.2) is 42.6 Å². The number of piperazine rings is 1. The van der Waals surface area contributed by atoms with Gasteiger partial charge in [-0.2, -0.15) is 18.2 Å². The molecular weight excluding hydrogens is 504 g/mol. The lowest BCUT2D eigenvalue weighted by Gasteiger charge is -2.42. The molecule has 2 saturated heterocycles. The molecule has 8 nitrogen and oxygen atoms in total. The van der Waals surface area contributed by atoms with Gasteiger partial charge in [0.05, 0.1) is 31.6 Å². The van der Waals surface area contributed by atoms with E-state index in [2.05, 4.69) is 4.98 Å². The van der Waals surface area contributed by atoms with Gasteiger partial charge in [0.2, 0.25) is 5.95 Å². The van der Waals surface area contributed by atoms with Crippen LogP contribution in [0.1, 0.15) is 12.5 Å². The maximum atomic E-state index is 14.5. The summed E-state index contributed by atoms with van der Waals surface area (Å²) in [4.78, 5) is 19.3. The van der Waals surface area contributed by atoms with E-state index in [1.54, 1.807) is 23.1 Å². The Kier molecular flexibility index (Phi) is 7.24.